The van der Waals surface area contributed by atoms with Crippen molar-refractivity contribution in [3.63, 3.8) is 0 Å². The summed E-state index contributed by atoms with van der Waals surface area (Å²) in [5.74, 6) is 0.0615. The van der Waals surface area contributed by atoms with Crippen LogP contribution in [0.3, 0.4) is 0 Å². The van der Waals surface area contributed by atoms with Crippen molar-refractivity contribution in [2.24, 2.45) is 0 Å². The van der Waals surface area contributed by atoms with E-state index in [4.69, 9.17) is 5.26 Å². The SMILES string of the molecule is CCC(=O)NCCc1cccc(C#N)c1. The Morgan fingerprint density at radius 2 is 2.33 bits per heavy atom. The fourth-order valence-corrected chi connectivity index (χ4v) is 1.27. The molecule has 15 heavy (non-hydrogen) atoms. The molecular weight excluding hydrogens is 188 g/mol. The fourth-order valence-electron chi connectivity index (χ4n) is 1.27. The zero-order valence-corrected chi connectivity index (χ0v) is 8.79. The van der Waals surface area contributed by atoms with Gasteiger partial charge in [-0.25, -0.2) is 0 Å². The lowest BCUT2D eigenvalue weighted by molar-refractivity contribution is -0.120. The monoisotopic (exact) mass is 202 g/mol. The van der Waals surface area contributed by atoms with E-state index >= 15 is 0 Å². The van der Waals surface area contributed by atoms with E-state index in [1.54, 1.807) is 6.07 Å². The third kappa shape index (κ3) is 3.82. The number of hydrogen-bond donors (Lipinski definition) is 1. The van der Waals surface area contributed by atoms with E-state index in [2.05, 4.69) is 11.4 Å². The van der Waals surface area contributed by atoms with Gasteiger partial charge in [-0.05, 0) is 24.1 Å². The number of rotatable bonds is 4. The summed E-state index contributed by atoms with van der Waals surface area (Å²) in [5, 5.41) is 11.5. The third-order valence-corrected chi connectivity index (χ3v) is 2.11. The number of nitrogens with one attached hydrogen (secondary N) is 1. The molecule has 0 aliphatic heterocycles. The molecule has 0 saturated carbocycles. The first-order valence-corrected chi connectivity index (χ1v) is 5.02. The minimum Gasteiger partial charge on any atom is -0.356 e. The highest BCUT2D eigenvalue weighted by Gasteiger charge is 1.97. The largest absolute Gasteiger partial charge is 0.356 e. The molecule has 1 rings (SSSR count). The second-order valence-corrected chi connectivity index (χ2v) is 3.27. The summed E-state index contributed by atoms with van der Waals surface area (Å²) in [5.41, 5.74) is 1.74. The van der Waals surface area contributed by atoms with Gasteiger partial charge in [0.25, 0.3) is 0 Å². The van der Waals surface area contributed by atoms with Gasteiger partial charge in [-0.2, -0.15) is 5.26 Å². The molecule has 0 aromatic heterocycles. The molecule has 0 bridgehead atoms. The Balaban J connectivity index is 2.44. The van der Waals surface area contributed by atoms with Gasteiger partial charge in [0.1, 0.15) is 0 Å². The molecule has 0 fully saturated rings. The summed E-state index contributed by atoms with van der Waals surface area (Å²) in [7, 11) is 0. The fraction of sp³-hybridized carbons (Fsp3) is 0.333. The standard InChI is InChI=1S/C12H14N2O/c1-2-12(15)14-7-6-10-4-3-5-11(8-10)9-13/h3-5,8H,2,6-7H2,1H3,(H,14,15). The van der Waals surface area contributed by atoms with Crippen LogP contribution in [0, 0.1) is 11.3 Å². The maximum atomic E-state index is 11.0. The first-order chi connectivity index (χ1) is 7.26. The summed E-state index contributed by atoms with van der Waals surface area (Å²) >= 11 is 0. The smallest absolute Gasteiger partial charge is 0.219 e. The first-order valence-electron chi connectivity index (χ1n) is 5.02. The van der Waals surface area contributed by atoms with Gasteiger partial charge < -0.3 is 5.32 Å². The number of hydrogen-bond acceptors (Lipinski definition) is 2. The molecule has 0 radical (unpaired) electrons. The van der Waals surface area contributed by atoms with Crippen molar-refractivity contribution in [3.8, 4) is 6.07 Å². The second-order valence-electron chi connectivity index (χ2n) is 3.27. The summed E-state index contributed by atoms with van der Waals surface area (Å²) in [6.07, 6.45) is 1.28. The van der Waals surface area contributed by atoms with E-state index in [1.165, 1.54) is 0 Å². The Labute approximate surface area is 89.7 Å². The predicted molar refractivity (Wildman–Crippen MR) is 58.2 cm³/mol. The number of carbonyl (C=O) groups excluding carboxylic acids is 1. The molecule has 1 N–H and O–H groups in total. The second kappa shape index (κ2) is 5.82. The van der Waals surface area contributed by atoms with Crippen molar-refractivity contribution in [2.75, 3.05) is 6.54 Å². The zero-order valence-electron chi connectivity index (χ0n) is 8.79. The third-order valence-electron chi connectivity index (χ3n) is 2.11. The molecule has 1 aromatic carbocycles. The highest BCUT2D eigenvalue weighted by Crippen LogP contribution is 2.04. The molecule has 0 aliphatic rings. The van der Waals surface area contributed by atoms with Crippen molar-refractivity contribution in [1.82, 2.24) is 5.32 Å². The number of nitriles is 1. The lowest BCUT2D eigenvalue weighted by atomic mass is 10.1. The number of carbonyl (C=O) groups is 1. The van der Waals surface area contributed by atoms with Gasteiger partial charge in [0.05, 0.1) is 11.6 Å². The van der Waals surface area contributed by atoms with Crippen molar-refractivity contribution in [3.05, 3.63) is 35.4 Å². The molecule has 0 atom stereocenters. The lowest BCUT2D eigenvalue weighted by Crippen LogP contribution is -2.24. The Kier molecular flexibility index (Phi) is 4.36. The van der Waals surface area contributed by atoms with Crippen LogP contribution < -0.4 is 5.32 Å². The summed E-state index contributed by atoms with van der Waals surface area (Å²) in [4.78, 5) is 11.0. The van der Waals surface area contributed by atoms with Gasteiger partial charge in [0, 0.05) is 13.0 Å². The Morgan fingerprint density at radius 3 is 3.00 bits per heavy atom. The van der Waals surface area contributed by atoms with Gasteiger partial charge in [0.15, 0.2) is 0 Å². The molecule has 3 heteroatoms. The Morgan fingerprint density at radius 1 is 1.53 bits per heavy atom. The molecule has 1 amide bonds. The molecular formula is C12H14N2O. The van der Waals surface area contributed by atoms with Crippen molar-refractivity contribution >= 4 is 5.91 Å². The maximum Gasteiger partial charge on any atom is 0.219 e. The number of nitrogens with zero attached hydrogens (tertiary/aromatic N) is 1. The number of benzene rings is 1. The van der Waals surface area contributed by atoms with Crippen LogP contribution in [0.2, 0.25) is 0 Å². The van der Waals surface area contributed by atoms with Gasteiger partial charge in [-0.1, -0.05) is 19.1 Å². The van der Waals surface area contributed by atoms with Crippen LogP contribution in [0.5, 0.6) is 0 Å². The van der Waals surface area contributed by atoms with E-state index in [0.29, 0.717) is 18.5 Å². The maximum absolute atomic E-state index is 11.0. The molecule has 0 aliphatic carbocycles. The van der Waals surface area contributed by atoms with E-state index < -0.39 is 0 Å². The summed E-state index contributed by atoms with van der Waals surface area (Å²) in [6.45, 7) is 2.45. The van der Waals surface area contributed by atoms with Crippen molar-refractivity contribution in [1.29, 1.82) is 5.26 Å². The molecule has 0 heterocycles. The van der Waals surface area contributed by atoms with Crippen molar-refractivity contribution < 1.29 is 4.79 Å². The van der Waals surface area contributed by atoms with Crippen LogP contribution in [0.15, 0.2) is 24.3 Å². The summed E-state index contributed by atoms with van der Waals surface area (Å²) in [6, 6.07) is 9.52. The molecule has 3 nitrogen and oxygen atoms in total. The van der Waals surface area contributed by atoms with E-state index in [1.807, 2.05) is 25.1 Å². The van der Waals surface area contributed by atoms with E-state index in [0.717, 1.165) is 12.0 Å². The van der Waals surface area contributed by atoms with Crippen LogP contribution in [0.1, 0.15) is 24.5 Å². The minimum atomic E-state index is 0.0615. The first kappa shape index (κ1) is 11.3. The van der Waals surface area contributed by atoms with E-state index in [-0.39, 0.29) is 5.91 Å². The predicted octanol–water partition coefficient (Wildman–Crippen LogP) is 1.63. The van der Waals surface area contributed by atoms with Crippen LogP contribution in [0.4, 0.5) is 0 Å². The average Bonchev–Trinajstić information content (AvgIpc) is 2.29. The van der Waals surface area contributed by atoms with Gasteiger partial charge in [-0.15, -0.1) is 0 Å². The number of amides is 1. The van der Waals surface area contributed by atoms with E-state index in [9.17, 15) is 4.79 Å². The van der Waals surface area contributed by atoms with Crippen molar-refractivity contribution in [2.45, 2.75) is 19.8 Å². The molecule has 0 unspecified atom stereocenters. The quantitative estimate of drug-likeness (QED) is 0.806. The van der Waals surface area contributed by atoms with Crippen LogP contribution >= 0.6 is 0 Å². The molecule has 0 saturated heterocycles. The van der Waals surface area contributed by atoms with Gasteiger partial charge >= 0.3 is 0 Å². The zero-order chi connectivity index (χ0) is 11.1. The molecule has 78 valence electrons. The summed E-state index contributed by atoms with van der Waals surface area (Å²) < 4.78 is 0. The van der Waals surface area contributed by atoms with Crippen LogP contribution in [0.25, 0.3) is 0 Å². The normalized spacial score (nSPS) is 9.33. The molecule has 0 spiro atoms. The Bertz CT molecular complexity index is 379. The topological polar surface area (TPSA) is 52.9 Å². The van der Waals surface area contributed by atoms with Gasteiger partial charge in [0.2, 0.25) is 5.91 Å². The minimum absolute atomic E-state index is 0.0615. The molecule has 1 aromatic rings. The Hall–Kier alpha value is -1.82. The lowest BCUT2D eigenvalue weighted by Gasteiger charge is -2.03. The van der Waals surface area contributed by atoms with Crippen LogP contribution in [-0.4, -0.2) is 12.5 Å². The van der Waals surface area contributed by atoms with Crippen LogP contribution in [-0.2, 0) is 11.2 Å². The highest BCUT2D eigenvalue weighted by atomic mass is 16.1. The average molecular weight is 202 g/mol. The highest BCUT2D eigenvalue weighted by molar-refractivity contribution is 5.75. The van der Waals surface area contributed by atoms with Gasteiger partial charge in [-0.3, -0.25) is 4.79 Å².